The van der Waals surface area contributed by atoms with Gasteiger partial charge in [0.05, 0.1) is 13.2 Å². The summed E-state index contributed by atoms with van der Waals surface area (Å²) in [6, 6.07) is 16.0. The summed E-state index contributed by atoms with van der Waals surface area (Å²) in [4.78, 5) is 10.3. The Bertz CT molecular complexity index is 1410. The number of hydrogen-bond acceptors (Lipinski definition) is 3. The van der Waals surface area contributed by atoms with Crippen LogP contribution in [0, 0.1) is 11.8 Å². The molecule has 5 heteroatoms. The van der Waals surface area contributed by atoms with E-state index < -0.39 is 0 Å². The van der Waals surface area contributed by atoms with Crippen LogP contribution in [0.1, 0.15) is 47.4 Å². The van der Waals surface area contributed by atoms with E-state index in [4.69, 9.17) is 4.74 Å². The molecule has 0 amide bonds. The second-order valence-electron chi connectivity index (χ2n) is 10.6. The average molecular weight is 467 g/mol. The molecule has 3 N–H and O–H groups in total. The minimum Gasteiger partial charge on any atom is -0.497 e. The maximum atomic E-state index is 5.52. The SMILES string of the molecule is C=C[C@H]1CN2CCc3c([nH]c4ccc(OC)cc34)[C@H]2C[C@@H]1C[C@H]1NCCc2c1[nH]c1ccccc21. The third kappa shape index (κ3) is 3.36. The summed E-state index contributed by atoms with van der Waals surface area (Å²) >= 11 is 0. The van der Waals surface area contributed by atoms with Crippen LogP contribution in [-0.4, -0.2) is 41.6 Å². The molecule has 0 aliphatic carbocycles. The summed E-state index contributed by atoms with van der Waals surface area (Å²) in [7, 11) is 1.75. The Morgan fingerprint density at radius 3 is 2.74 bits per heavy atom. The van der Waals surface area contributed by atoms with Crippen molar-refractivity contribution in [2.75, 3.05) is 26.7 Å². The van der Waals surface area contributed by atoms with Gasteiger partial charge in [-0.1, -0.05) is 24.3 Å². The molecule has 3 aliphatic rings. The maximum Gasteiger partial charge on any atom is 0.119 e. The molecule has 5 nitrogen and oxygen atoms in total. The molecule has 2 aromatic carbocycles. The molecule has 7 rings (SSSR count). The van der Waals surface area contributed by atoms with Crippen LogP contribution in [0.5, 0.6) is 5.75 Å². The van der Waals surface area contributed by atoms with Gasteiger partial charge in [-0.05, 0) is 79.5 Å². The van der Waals surface area contributed by atoms with Crippen molar-refractivity contribution >= 4 is 21.8 Å². The van der Waals surface area contributed by atoms with Gasteiger partial charge in [0.2, 0.25) is 0 Å². The zero-order valence-corrected chi connectivity index (χ0v) is 20.4. The zero-order chi connectivity index (χ0) is 23.5. The van der Waals surface area contributed by atoms with Gasteiger partial charge in [0.25, 0.3) is 0 Å². The minimum absolute atomic E-state index is 0.375. The van der Waals surface area contributed by atoms with Crippen molar-refractivity contribution in [2.45, 2.75) is 37.8 Å². The average Bonchev–Trinajstić information content (AvgIpc) is 3.47. The molecular formula is C30H34N4O. The standard InChI is InChI=1S/C30H34N4O/c1-3-18-17-34-13-11-23-24-16-20(35-2)8-9-26(24)33-30(23)28(34)15-19(18)14-27-29-22(10-12-31-27)21-6-4-5-7-25(21)32-29/h3-9,16,18-19,27-28,31-33H,1,10-15,17H2,2H3/t18-,19-,27+,28+/m0/s1. The third-order valence-corrected chi connectivity index (χ3v) is 8.95. The first-order valence-electron chi connectivity index (χ1n) is 13.1. The Morgan fingerprint density at radius 2 is 1.86 bits per heavy atom. The van der Waals surface area contributed by atoms with Crippen molar-refractivity contribution in [2.24, 2.45) is 11.8 Å². The molecule has 180 valence electrons. The lowest BCUT2D eigenvalue weighted by molar-refractivity contribution is 0.0623. The molecule has 35 heavy (non-hydrogen) atoms. The van der Waals surface area contributed by atoms with E-state index in [9.17, 15) is 0 Å². The van der Waals surface area contributed by atoms with Crippen LogP contribution in [0.2, 0.25) is 0 Å². The highest BCUT2D eigenvalue weighted by molar-refractivity contribution is 5.87. The smallest absolute Gasteiger partial charge is 0.119 e. The number of aromatic amines is 2. The zero-order valence-electron chi connectivity index (χ0n) is 20.4. The number of nitrogens with one attached hydrogen (secondary N) is 3. The normalized spacial score (nSPS) is 26.3. The topological polar surface area (TPSA) is 56.1 Å². The fourth-order valence-electron chi connectivity index (χ4n) is 7.19. The molecule has 0 bridgehead atoms. The molecule has 4 atom stereocenters. The van der Waals surface area contributed by atoms with Gasteiger partial charge in [-0.3, -0.25) is 4.90 Å². The number of methoxy groups -OCH3 is 1. The number of hydrogen-bond donors (Lipinski definition) is 3. The van der Waals surface area contributed by atoms with E-state index in [1.807, 2.05) is 0 Å². The molecule has 3 aliphatic heterocycles. The van der Waals surface area contributed by atoms with Gasteiger partial charge in [0.1, 0.15) is 5.75 Å². The number of rotatable bonds is 4. The van der Waals surface area contributed by atoms with E-state index in [2.05, 4.69) is 75.3 Å². The van der Waals surface area contributed by atoms with Crippen LogP contribution in [0.4, 0.5) is 0 Å². The molecule has 0 unspecified atom stereocenters. The predicted molar refractivity (Wildman–Crippen MR) is 142 cm³/mol. The van der Waals surface area contributed by atoms with Crippen molar-refractivity contribution in [3.8, 4) is 5.75 Å². The number of aromatic nitrogens is 2. The van der Waals surface area contributed by atoms with Crippen molar-refractivity contribution in [1.82, 2.24) is 20.2 Å². The highest BCUT2D eigenvalue weighted by Gasteiger charge is 2.40. The van der Waals surface area contributed by atoms with Gasteiger partial charge >= 0.3 is 0 Å². The van der Waals surface area contributed by atoms with Gasteiger partial charge in [0.15, 0.2) is 0 Å². The maximum absolute atomic E-state index is 5.52. The summed E-state index contributed by atoms with van der Waals surface area (Å²) in [5.74, 6) is 2.05. The molecule has 2 aromatic heterocycles. The van der Waals surface area contributed by atoms with Crippen LogP contribution in [0.25, 0.3) is 21.8 Å². The predicted octanol–water partition coefficient (Wildman–Crippen LogP) is 5.66. The number of H-pyrrole nitrogens is 2. The largest absolute Gasteiger partial charge is 0.497 e. The monoisotopic (exact) mass is 466 g/mol. The van der Waals surface area contributed by atoms with Gasteiger partial charge in [-0.25, -0.2) is 0 Å². The van der Waals surface area contributed by atoms with Crippen LogP contribution >= 0.6 is 0 Å². The first kappa shape index (κ1) is 21.3. The molecule has 0 spiro atoms. The van der Waals surface area contributed by atoms with Crippen LogP contribution in [0.3, 0.4) is 0 Å². The second kappa shape index (κ2) is 8.28. The Hall–Kier alpha value is -3.02. The van der Waals surface area contributed by atoms with E-state index in [0.29, 0.717) is 23.9 Å². The summed E-state index contributed by atoms with van der Waals surface area (Å²) in [5.41, 5.74) is 8.34. The fourth-order valence-corrected chi connectivity index (χ4v) is 7.19. The van der Waals surface area contributed by atoms with Crippen molar-refractivity contribution in [1.29, 1.82) is 0 Å². The summed E-state index contributed by atoms with van der Waals surface area (Å²) in [5, 5.41) is 6.58. The van der Waals surface area contributed by atoms with Gasteiger partial charge in [-0.2, -0.15) is 0 Å². The summed E-state index contributed by atoms with van der Waals surface area (Å²) < 4.78 is 5.52. The molecular weight excluding hydrogens is 432 g/mol. The third-order valence-electron chi connectivity index (χ3n) is 8.95. The fraction of sp³-hybridized carbons (Fsp3) is 0.400. The first-order valence-corrected chi connectivity index (χ1v) is 13.1. The molecule has 5 heterocycles. The van der Waals surface area contributed by atoms with Gasteiger partial charge in [-0.15, -0.1) is 6.58 Å². The van der Waals surface area contributed by atoms with Crippen molar-refractivity contribution in [3.05, 3.63) is 77.6 Å². The lowest BCUT2D eigenvalue weighted by atomic mass is 9.75. The number of ether oxygens (including phenoxy) is 1. The summed E-state index contributed by atoms with van der Waals surface area (Å²) in [6.07, 6.45) is 6.73. The number of para-hydroxylation sites is 1. The molecule has 0 saturated carbocycles. The van der Waals surface area contributed by atoms with Crippen LogP contribution in [0.15, 0.2) is 55.1 Å². The highest BCUT2D eigenvalue weighted by Crippen LogP contribution is 2.46. The van der Waals surface area contributed by atoms with E-state index >= 15 is 0 Å². The quantitative estimate of drug-likeness (QED) is 0.340. The summed E-state index contributed by atoms with van der Waals surface area (Å²) in [6.45, 7) is 7.53. The second-order valence-corrected chi connectivity index (χ2v) is 10.6. The number of benzene rings is 2. The van der Waals surface area contributed by atoms with E-state index in [0.717, 1.165) is 44.6 Å². The van der Waals surface area contributed by atoms with E-state index in [1.165, 1.54) is 50.7 Å². The number of nitrogens with zero attached hydrogens (tertiary/aromatic N) is 1. The lowest BCUT2D eigenvalue weighted by Crippen LogP contribution is -2.46. The number of piperidine rings is 1. The highest BCUT2D eigenvalue weighted by atomic mass is 16.5. The van der Waals surface area contributed by atoms with Crippen molar-refractivity contribution in [3.63, 3.8) is 0 Å². The Balaban J connectivity index is 1.21. The Morgan fingerprint density at radius 1 is 1.03 bits per heavy atom. The van der Waals surface area contributed by atoms with E-state index in [1.54, 1.807) is 7.11 Å². The number of fused-ring (bicyclic) bond motifs is 8. The molecule has 0 radical (unpaired) electrons. The lowest BCUT2D eigenvalue weighted by Gasteiger charge is -2.46. The van der Waals surface area contributed by atoms with Crippen molar-refractivity contribution < 1.29 is 4.74 Å². The Kier molecular flexibility index (Phi) is 5.04. The van der Waals surface area contributed by atoms with Crippen LogP contribution in [-0.2, 0) is 12.8 Å². The van der Waals surface area contributed by atoms with Gasteiger partial charge in [0, 0.05) is 52.3 Å². The first-order chi connectivity index (χ1) is 17.2. The van der Waals surface area contributed by atoms with E-state index in [-0.39, 0.29) is 0 Å². The molecule has 4 aromatic rings. The van der Waals surface area contributed by atoms with Gasteiger partial charge < -0.3 is 20.0 Å². The molecule has 1 saturated heterocycles. The Labute approximate surface area is 206 Å². The minimum atomic E-state index is 0.375. The van der Waals surface area contributed by atoms with Crippen LogP contribution < -0.4 is 10.1 Å². The molecule has 1 fully saturated rings.